The largest absolute Gasteiger partial charge is 0.435 e. The Hall–Kier alpha value is -1.21. The van der Waals surface area contributed by atoms with Crippen LogP contribution in [-0.2, 0) is 0 Å². The van der Waals surface area contributed by atoms with Crippen LogP contribution in [-0.4, -0.2) is 18.7 Å². The molecule has 0 bridgehead atoms. The smallest absolute Gasteiger partial charge is 0.218 e. The van der Waals surface area contributed by atoms with Crippen LogP contribution in [0.15, 0.2) is 16.4 Å². The number of hydrogen-bond donors (Lipinski definition) is 0. The van der Waals surface area contributed by atoms with Gasteiger partial charge in [-0.15, -0.1) is 0 Å². The van der Waals surface area contributed by atoms with Gasteiger partial charge in [-0.25, -0.2) is 10.3 Å². The van der Waals surface area contributed by atoms with Gasteiger partial charge in [0, 0.05) is 0 Å². The molecule has 0 aromatic heterocycles. The van der Waals surface area contributed by atoms with E-state index in [1.54, 1.807) is 0 Å². The highest BCUT2D eigenvalue weighted by Crippen LogP contribution is 2.37. The molecule has 8 heteroatoms. The molecule has 0 saturated heterocycles. The van der Waals surface area contributed by atoms with Gasteiger partial charge >= 0.3 is 12.4 Å². The lowest BCUT2D eigenvalue weighted by Gasteiger charge is -2.09. The molecule has 0 aliphatic carbocycles. The molecule has 0 saturated carbocycles. The molecule has 2 nitrogen and oxygen atoms in total. The van der Waals surface area contributed by atoms with Crippen molar-refractivity contribution < 1.29 is 26.3 Å². The van der Waals surface area contributed by atoms with Gasteiger partial charge in [-0.2, -0.15) is 26.3 Å². The average Bonchev–Trinajstić information content (AvgIpc) is 2.27. The van der Waals surface area contributed by atoms with Crippen LogP contribution in [0.2, 0.25) is 0 Å². The van der Waals surface area contributed by atoms with E-state index in [2.05, 4.69) is 10.3 Å². The molecular weight excluding hydrogens is 202 g/mol. The van der Waals surface area contributed by atoms with E-state index in [9.17, 15) is 26.3 Å². The Morgan fingerprint density at radius 1 is 0.846 bits per heavy atom. The molecular formula is C5F6N2. The summed E-state index contributed by atoms with van der Waals surface area (Å²) in [5.41, 5.74) is -4.11. The van der Waals surface area contributed by atoms with Gasteiger partial charge in [-0.1, -0.05) is 0 Å². The average molecular weight is 202 g/mol. The van der Waals surface area contributed by atoms with Crippen molar-refractivity contribution in [2.75, 3.05) is 0 Å². The highest BCUT2D eigenvalue weighted by molar-refractivity contribution is 5.64. The quantitative estimate of drug-likeness (QED) is 0.536. The second-order valence-corrected chi connectivity index (χ2v) is 2.02. The summed E-state index contributed by atoms with van der Waals surface area (Å²) in [5.74, 6) is 0. The molecule has 1 aliphatic heterocycles. The number of halogens is 6. The van der Waals surface area contributed by atoms with E-state index in [0.717, 1.165) is 0 Å². The van der Waals surface area contributed by atoms with Gasteiger partial charge in [0.1, 0.15) is 0 Å². The Balaban J connectivity index is 3.10. The number of alkyl halides is 6. The molecule has 0 fully saturated rings. The molecule has 0 aromatic rings. The minimum absolute atomic E-state index is 1.27. The van der Waals surface area contributed by atoms with Gasteiger partial charge in [0.25, 0.3) is 0 Å². The fourth-order valence-corrected chi connectivity index (χ4v) is 0.626. The number of allylic oxidation sites excluding steroid dienone is 2. The van der Waals surface area contributed by atoms with Crippen molar-refractivity contribution in [1.82, 2.24) is 5.32 Å². The summed E-state index contributed by atoms with van der Waals surface area (Å²) >= 11 is 0. The fraction of sp³-hybridized carbons (Fsp3) is 0.400. The topological polar surface area (TPSA) is 26.5 Å². The van der Waals surface area contributed by atoms with Crippen LogP contribution >= 0.6 is 0 Å². The molecule has 0 unspecified atom stereocenters. The monoisotopic (exact) mass is 202 g/mol. The Bertz CT molecular complexity index is 270. The Morgan fingerprint density at radius 3 is 1.62 bits per heavy atom. The first-order chi connectivity index (χ1) is 5.73. The van der Waals surface area contributed by atoms with Crippen LogP contribution in [0.5, 0.6) is 0 Å². The molecule has 0 N–H and O–H groups in total. The third kappa shape index (κ3) is 1.93. The minimum atomic E-state index is -5.15. The maximum Gasteiger partial charge on any atom is 0.435 e. The van der Waals surface area contributed by atoms with E-state index in [1.807, 2.05) is 0 Å². The van der Waals surface area contributed by atoms with Crippen molar-refractivity contribution in [3.05, 3.63) is 11.4 Å². The standard InChI is InChI=1S/C5F6N2/c6-4(7,8)2-3(5(9,10)11)13-1-12-2. The lowest BCUT2D eigenvalue weighted by molar-refractivity contribution is -0.116. The van der Waals surface area contributed by atoms with Crippen molar-refractivity contribution >= 4 is 6.34 Å². The molecule has 1 heterocycles. The first-order valence-electron chi connectivity index (χ1n) is 2.78. The SMILES string of the molecule is FC(F)(F)C1=C(C(F)(F)F)N=[C][N]1. The van der Waals surface area contributed by atoms with Crippen LogP contribution in [0.3, 0.4) is 0 Å². The normalized spacial score (nSPS) is 18.0. The maximum absolute atomic E-state index is 11.8. The molecule has 72 valence electrons. The van der Waals surface area contributed by atoms with Crippen molar-refractivity contribution in [2.45, 2.75) is 12.4 Å². The van der Waals surface area contributed by atoms with E-state index >= 15 is 0 Å². The third-order valence-corrected chi connectivity index (χ3v) is 1.08. The van der Waals surface area contributed by atoms with E-state index in [-0.39, 0.29) is 0 Å². The summed E-state index contributed by atoms with van der Waals surface area (Å²) in [5, 5.41) is 2.37. The zero-order chi connectivity index (χ0) is 10.3. The Labute approximate surface area is 67.9 Å². The van der Waals surface area contributed by atoms with Gasteiger partial charge in [-0.3, -0.25) is 0 Å². The predicted molar refractivity (Wildman–Crippen MR) is 28.7 cm³/mol. The summed E-state index contributed by atoms with van der Waals surface area (Å²) in [6.07, 6.45) is -9.04. The van der Waals surface area contributed by atoms with E-state index < -0.39 is 23.7 Å². The summed E-state index contributed by atoms with van der Waals surface area (Å²) < 4.78 is 70.7. The highest BCUT2D eigenvalue weighted by Gasteiger charge is 2.48. The van der Waals surface area contributed by atoms with Gasteiger partial charge in [0.2, 0.25) is 0 Å². The van der Waals surface area contributed by atoms with Crippen LogP contribution in [0.25, 0.3) is 0 Å². The number of aliphatic imine (C=N–C) groups is 1. The van der Waals surface area contributed by atoms with Crippen molar-refractivity contribution in [3.8, 4) is 0 Å². The molecule has 0 aromatic carbocycles. The molecule has 1 aliphatic rings. The van der Waals surface area contributed by atoms with Crippen molar-refractivity contribution in [3.63, 3.8) is 0 Å². The Morgan fingerprint density at radius 2 is 1.31 bits per heavy atom. The fourth-order valence-electron chi connectivity index (χ4n) is 0.626. The van der Waals surface area contributed by atoms with Gasteiger partial charge in [-0.05, 0) is 0 Å². The highest BCUT2D eigenvalue weighted by atomic mass is 19.4. The van der Waals surface area contributed by atoms with E-state index in [0.29, 0.717) is 0 Å². The summed E-state index contributed by atoms with van der Waals surface area (Å²) in [7, 11) is 0. The minimum Gasteiger partial charge on any atom is -0.218 e. The van der Waals surface area contributed by atoms with Gasteiger partial charge in [0.05, 0.1) is 0 Å². The Kier molecular flexibility index (Phi) is 2.01. The van der Waals surface area contributed by atoms with Crippen LogP contribution in [0, 0.1) is 0 Å². The second kappa shape index (κ2) is 2.64. The summed E-state index contributed by atoms with van der Waals surface area (Å²) in [6.45, 7) is 0. The lowest BCUT2D eigenvalue weighted by atomic mass is 10.3. The third-order valence-electron chi connectivity index (χ3n) is 1.08. The molecule has 13 heavy (non-hydrogen) atoms. The maximum atomic E-state index is 11.8. The molecule has 0 spiro atoms. The number of nitrogens with zero attached hydrogens (tertiary/aromatic N) is 2. The van der Waals surface area contributed by atoms with E-state index in [1.165, 1.54) is 6.34 Å². The van der Waals surface area contributed by atoms with Crippen molar-refractivity contribution in [2.24, 2.45) is 4.99 Å². The van der Waals surface area contributed by atoms with E-state index in [4.69, 9.17) is 0 Å². The zero-order valence-electron chi connectivity index (χ0n) is 5.66. The second-order valence-electron chi connectivity index (χ2n) is 2.02. The lowest BCUT2D eigenvalue weighted by Crippen LogP contribution is -2.23. The van der Waals surface area contributed by atoms with Crippen LogP contribution in [0.4, 0.5) is 26.3 Å². The predicted octanol–water partition coefficient (Wildman–Crippen LogP) is 1.85. The van der Waals surface area contributed by atoms with Crippen LogP contribution in [0.1, 0.15) is 0 Å². The first kappa shape index (κ1) is 9.87. The number of rotatable bonds is 0. The molecule has 1 rings (SSSR count). The summed E-state index contributed by atoms with van der Waals surface area (Å²) in [6, 6.07) is 0. The summed E-state index contributed by atoms with van der Waals surface area (Å²) in [4.78, 5) is 2.37. The molecule has 0 amide bonds. The zero-order valence-corrected chi connectivity index (χ0v) is 5.66. The first-order valence-corrected chi connectivity index (χ1v) is 2.78. The van der Waals surface area contributed by atoms with Gasteiger partial charge in [0.15, 0.2) is 17.7 Å². The van der Waals surface area contributed by atoms with Gasteiger partial charge < -0.3 is 0 Å². The molecule has 2 radical (unpaired) electrons. The van der Waals surface area contributed by atoms with Crippen molar-refractivity contribution in [1.29, 1.82) is 0 Å². The van der Waals surface area contributed by atoms with Crippen LogP contribution < -0.4 is 5.32 Å². The number of hydrogen-bond acceptors (Lipinski definition) is 1. The molecule has 0 atom stereocenters.